The third-order valence-electron chi connectivity index (χ3n) is 2.48. The van der Waals surface area contributed by atoms with Crippen LogP contribution in [0.2, 0.25) is 4.34 Å². The molecule has 0 spiro atoms. The molecule has 0 amide bonds. The molecule has 1 heterocycles. The van der Waals surface area contributed by atoms with Gasteiger partial charge in [-0.15, -0.1) is 11.3 Å². The molecule has 1 atom stereocenters. The van der Waals surface area contributed by atoms with Gasteiger partial charge in [0.05, 0.1) is 15.3 Å². The maximum atomic E-state index is 13.6. The predicted molar refractivity (Wildman–Crippen MR) is 68.4 cm³/mol. The van der Waals surface area contributed by atoms with E-state index in [1.165, 1.54) is 12.1 Å². The first-order valence-corrected chi connectivity index (χ1v) is 6.36. The molecule has 0 aliphatic rings. The average Bonchev–Trinajstić information content (AvgIpc) is 2.79. The zero-order chi connectivity index (χ0) is 14.0. The van der Waals surface area contributed by atoms with Crippen LogP contribution >= 0.6 is 22.9 Å². The number of carbonyl (C=O) groups is 1. The van der Waals surface area contributed by atoms with Crippen molar-refractivity contribution in [3.8, 4) is 6.07 Å². The van der Waals surface area contributed by atoms with Crippen LogP contribution in [-0.4, -0.2) is 5.78 Å². The first-order valence-electron chi connectivity index (χ1n) is 5.17. The monoisotopic (exact) mass is 297 g/mol. The summed E-state index contributed by atoms with van der Waals surface area (Å²) in [6.45, 7) is 0. The molecule has 2 rings (SSSR count). The molecule has 0 aliphatic carbocycles. The van der Waals surface area contributed by atoms with Crippen molar-refractivity contribution >= 4 is 28.7 Å². The van der Waals surface area contributed by atoms with E-state index in [1.54, 1.807) is 6.07 Å². The average molecular weight is 298 g/mol. The van der Waals surface area contributed by atoms with Gasteiger partial charge in [0.25, 0.3) is 0 Å². The Morgan fingerprint density at radius 1 is 1.32 bits per heavy atom. The van der Waals surface area contributed by atoms with Crippen LogP contribution in [0.5, 0.6) is 0 Å². The van der Waals surface area contributed by atoms with E-state index in [1.807, 2.05) is 0 Å². The van der Waals surface area contributed by atoms with Crippen LogP contribution in [0.4, 0.5) is 8.78 Å². The molecule has 19 heavy (non-hydrogen) atoms. The fraction of sp³-hybridized carbons (Fsp3) is 0.0769. The Morgan fingerprint density at radius 3 is 2.58 bits per heavy atom. The molecule has 0 fully saturated rings. The zero-order valence-corrected chi connectivity index (χ0v) is 10.9. The Morgan fingerprint density at radius 2 is 2.05 bits per heavy atom. The fourth-order valence-corrected chi connectivity index (χ4v) is 2.61. The smallest absolute Gasteiger partial charge is 0.194 e. The molecular formula is C13H6ClF2NOS. The van der Waals surface area contributed by atoms with Crippen molar-refractivity contribution in [1.82, 2.24) is 0 Å². The number of nitriles is 1. The molecule has 1 unspecified atom stereocenters. The summed E-state index contributed by atoms with van der Waals surface area (Å²) in [4.78, 5) is 12.4. The summed E-state index contributed by atoms with van der Waals surface area (Å²) in [5.74, 6) is -3.53. The van der Waals surface area contributed by atoms with Crippen LogP contribution < -0.4 is 0 Å². The number of hydrogen-bond donors (Lipinski definition) is 0. The Balaban J connectivity index is 2.40. The highest BCUT2D eigenvalue weighted by atomic mass is 35.5. The molecule has 2 nitrogen and oxygen atoms in total. The van der Waals surface area contributed by atoms with Gasteiger partial charge in [-0.2, -0.15) is 5.26 Å². The lowest BCUT2D eigenvalue weighted by Gasteiger charge is -2.08. The number of nitrogens with zero attached hydrogens (tertiary/aromatic N) is 1. The van der Waals surface area contributed by atoms with Gasteiger partial charge < -0.3 is 0 Å². The van der Waals surface area contributed by atoms with E-state index in [4.69, 9.17) is 16.9 Å². The van der Waals surface area contributed by atoms with Crippen LogP contribution in [0.25, 0.3) is 0 Å². The van der Waals surface area contributed by atoms with Gasteiger partial charge in [-0.1, -0.05) is 17.7 Å². The van der Waals surface area contributed by atoms with E-state index >= 15 is 0 Å². The van der Waals surface area contributed by atoms with Gasteiger partial charge in [0.2, 0.25) is 0 Å². The van der Waals surface area contributed by atoms with Crippen molar-refractivity contribution in [3.63, 3.8) is 0 Å². The number of rotatable bonds is 3. The summed E-state index contributed by atoms with van der Waals surface area (Å²) in [6.07, 6.45) is 0. The lowest BCUT2D eigenvalue weighted by molar-refractivity contribution is 0.0981. The summed E-state index contributed by atoms with van der Waals surface area (Å²) in [7, 11) is 0. The highest BCUT2D eigenvalue weighted by Gasteiger charge is 2.26. The Bertz CT molecular complexity index is 678. The van der Waals surface area contributed by atoms with E-state index in [-0.39, 0.29) is 10.4 Å². The molecule has 0 saturated heterocycles. The number of carbonyl (C=O) groups excluding carboxylic acids is 1. The van der Waals surface area contributed by atoms with Crippen molar-refractivity contribution in [3.05, 3.63) is 56.7 Å². The number of benzene rings is 1. The molecule has 1 aromatic carbocycles. The minimum absolute atomic E-state index is 0.140. The summed E-state index contributed by atoms with van der Waals surface area (Å²) < 4.78 is 26.8. The lowest BCUT2D eigenvalue weighted by atomic mass is 9.95. The van der Waals surface area contributed by atoms with Crippen molar-refractivity contribution in [1.29, 1.82) is 5.26 Å². The number of hydrogen-bond acceptors (Lipinski definition) is 3. The zero-order valence-electron chi connectivity index (χ0n) is 9.36. The second-order valence-corrected chi connectivity index (χ2v) is 5.41. The molecular weight excluding hydrogens is 292 g/mol. The summed E-state index contributed by atoms with van der Waals surface area (Å²) in [6, 6.07) is 7.50. The van der Waals surface area contributed by atoms with Gasteiger partial charge in [0.1, 0.15) is 17.6 Å². The maximum Gasteiger partial charge on any atom is 0.194 e. The van der Waals surface area contributed by atoms with Gasteiger partial charge in [-0.05, 0) is 18.2 Å². The summed E-state index contributed by atoms with van der Waals surface area (Å²) in [5.41, 5.74) is -0.140. The van der Waals surface area contributed by atoms with Crippen LogP contribution in [0.15, 0.2) is 30.3 Å². The van der Waals surface area contributed by atoms with E-state index in [9.17, 15) is 13.6 Å². The molecule has 0 aliphatic heterocycles. The minimum Gasteiger partial charge on any atom is -0.291 e. The van der Waals surface area contributed by atoms with Crippen LogP contribution in [-0.2, 0) is 0 Å². The number of ketones is 1. The second-order valence-electron chi connectivity index (χ2n) is 3.70. The van der Waals surface area contributed by atoms with Crippen LogP contribution in [0.3, 0.4) is 0 Å². The molecule has 0 radical (unpaired) electrons. The number of halogens is 3. The maximum absolute atomic E-state index is 13.6. The van der Waals surface area contributed by atoms with Gasteiger partial charge in [-0.3, -0.25) is 4.79 Å². The quantitative estimate of drug-likeness (QED) is 0.798. The minimum atomic E-state index is -1.31. The van der Waals surface area contributed by atoms with Crippen molar-refractivity contribution in [2.75, 3.05) is 0 Å². The third kappa shape index (κ3) is 2.80. The molecule has 1 aromatic heterocycles. The SMILES string of the molecule is N#CC(C(=O)c1ccc(Cl)s1)c1ccc(F)cc1F. The molecule has 2 aromatic rings. The first kappa shape index (κ1) is 13.7. The van der Waals surface area contributed by atoms with E-state index in [0.717, 1.165) is 23.5 Å². The molecule has 6 heteroatoms. The van der Waals surface area contributed by atoms with Crippen LogP contribution in [0.1, 0.15) is 21.2 Å². The topological polar surface area (TPSA) is 40.9 Å². The van der Waals surface area contributed by atoms with Gasteiger partial charge in [0.15, 0.2) is 5.78 Å². The fourth-order valence-electron chi connectivity index (χ4n) is 1.59. The number of Topliss-reactive ketones (excluding diaryl/α,β-unsaturated/α-hetero) is 1. The largest absolute Gasteiger partial charge is 0.291 e. The molecule has 0 saturated carbocycles. The van der Waals surface area contributed by atoms with E-state index < -0.39 is 23.3 Å². The first-order chi connectivity index (χ1) is 9.02. The second kappa shape index (κ2) is 5.47. The normalized spacial score (nSPS) is 11.9. The summed E-state index contributed by atoms with van der Waals surface area (Å²) >= 11 is 6.72. The molecule has 96 valence electrons. The van der Waals surface area contributed by atoms with E-state index in [2.05, 4.69) is 0 Å². The van der Waals surface area contributed by atoms with Crippen molar-refractivity contribution in [2.24, 2.45) is 0 Å². The highest BCUT2D eigenvalue weighted by molar-refractivity contribution is 7.18. The number of thiophene rings is 1. The van der Waals surface area contributed by atoms with Gasteiger partial charge >= 0.3 is 0 Å². The Kier molecular flexibility index (Phi) is 3.93. The van der Waals surface area contributed by atoms with Gasteiger partial charge in [-0.25, -0.2) is 8.78 Å². The predicted octanol–water partition coefficient (Wildman–Crippen LogP) is 4.17. The summed E-state index contributed by atoms with van der Waals surface area (Å²) in [5, 5.41) is 9.05. The third-order valence-corrected chi connectivity index (χ3v) is 3.73. The Labute approximate surface area is 116 Å². The standard InChI is InChI=1S/C13H6ClF2NOS/c14-12-4-3-11(19-12)13(18)9(6-17)8-2-1-7(15)5-10(8)16/h1-5,9H. The Hall–Kier alpha value is -1.77. The van der Waals surface area contributed by atoms with Crippen LogP contribution in [0, 0.1) is 23.0 Å². The van der Waals surface area contributed by atoms with Gasteiger partial charge in [0, 0.05) is 11.6 Å². The van der Waals surface area contributed by atoms with Crippen molar-refractivity contribution in [2.45, 2.75) is 5.92 Å². The lowest BCUT2D eigenvalue weighted by Crippen LogP contribution is -2.11. The molecule has 0 bridgehead atoms. The highest BCUT2D eigenvalue weighted by Crippen LogP contribution is 2.29. The molecule has 0 N–H and O–H groups in total. The van der Waals surface area contributed by atoms with E-state index in [0.29, 0.717) is 10.4 Å². The van der Waals surface area contributed by atoms with Crippen molar-refractivity contribution < 1.29 is 13.6 Å².